The number of amides is 2. The molecule has 1 aliphatic heterocycles. The van der Waals surface area contributed by atoms with Crippen molar-refractivity contribution in [3.63, 3.8) is 0 Å². The molecule has 11 heteroatoms. The van der Waals surface area contributed by atoms with Crippen molar-refractivity contribution in [3.8, 4) is 11.5 Å². The highest BCUT2D eigenvalue weighted by molar-refractivity contribution is 5.91. The zero-order valence-electron chi connectivity index (χ0n) is 18.4. The first-order chi connectivity index (χ1) is 16.8. The number of rotatable bonds is 7. The minimum atomic E-state index is -5.21. The van der Waals surface area contributed by atoms with Crippen LogP contribution in [0.4, 0.5) is 13.2 Å². The quantitative estimate of drug-likeness (QED) is 0.552. The minimum Gasteiger partial charge on any atom is -0.486 e. The second-order valence-electron chi connectivity index (χ2n) is 7.68. The number of halogens is 3. The third kappa shape index (κ3) is 5.86. The zero-order valence-corrected chi connectivity index (χ0v) is 18.4. The molecule has 8 nitrogen and oxygen atoms in total. The number of alkyl halides is 3. The van der Waals surface area contributed by atoms with Crippen molar-refractivity contribution < 1.29 is 32.2 Å². The van der Waals surface area contributed by atoms with E-state index in [9.17, 15) is 22.8 Å². The van der Waals surface area contributed by atoms with Gasteiger partial charge < -0.3 is 19.7 Å². The van der Waals surface area contributed by atoms with Crippen molar-refractivity contribution in [3.05, 3.63) is 83.9 Å². The highest BCUT2D eigenvalue weighted by Crippen LogP contribution is 2.36. The smallest absolute Gasteiger partial charge is 0.471 e. The molecule has 1 aliphatic rings. The van der Waals surface area contributed by atoms with Crippen LogP contribution in [0, 0.1) is 0 Å². The highest BCUT2D eigenvalue weighted by atomic mass is 19.4. The molecule has 0 fully saturated rings. The van der Waals surface area contributed by atoms with Crippen LogP contribution in [-0.4, -0.2) is 46.1 Å². The van der Waals surface area contributed by atoms with Gasteiger partial charge in [0.25, 0.3) is 0 Å². The van der Waals surface area contributed by atoms with E-state index in [1.54, 1.807) is 18.3 Å². The Hall–Kier alpha value is -4.15. The zero-order chi connectivity index (χ0) is 24.8. The molecule has 3 aromatic rings. The normalized spacial score (nSPS) is 13.6. The summed E-state index contributed by atoms with van der Waals surface area (Å²) in [6, 6.07) is 9.19. The van der Waals surface area contributed by atoms with Crippen molar-refractivity contribution in [2.45, 2.75) is 25.3 Å². The molecule has 0 saturated heterocycles. The fraction of sp³-hybridized carbons (Fsp3) is 0.250. The molecular formula is C24H21F3N4O4. The minimum absolute atomic E-state index is 0.00860. The standard InChI is InChI=1S/C24H21F3N4O4/c25-24(26,27)23(33)31(15-17-4-2-8-29-13-17)21(22(32)30-14-16-3-1-7-28-12-16)18-5-6-19-20(11-18)35-10-9-34-19/h1-8,11-13,21H,9-10,14-15H2,(H,30,32). The molecule has 1 atom stereocenters. The van der Waals surface area contributed by atoms with Gasteiger partial charge in [0.05, 0.1) is 0 Å². The summed E-state index contributed by atoms with van der Waals surface area (Å²) in [5.41, 5.74) is 1.11. The van der Waals surface area contributed by atoms with Crippen LogP contribution in [-0.2, 0) is 22.7 Å². The molecule has 182 valence electrons. The Morgan fingerprint density at radius 3 is 2.26 bits per heavy atom. The number of hydrogen-bond donors (Lipinski definition) is 1. The van der Waals surface area contributed by atoms with Crippen LogP contribution in [0.5, 0.6) is 11.5 Å². The van der Waals surface area contributed by atoms with E-state index in [0.717, 1.165) is 0 Å². The first kappa shape index (κ1) is 24.0. The average Bonchev–Trinajstić information content (AvgIpc) is 2.87. The summed E-state index contributed by atoms with van der Waals surface area (Å²) in [7, 11) is 0. The lowest BCUT2D eigenvalue weighted by atomic mass is 10.0. The molecule has 1 N–H and O–H groups in total. The molecule has 35 heavy (non-hydrogen) atoms. The summed E-state index contributed by atoms with van der Waals surface area (Å²) >= 11 is 0. The van der Waals surface area contributed by atoms with E-state index in [-0.39, 0.29) is 24.5 Å². The molecule has 3 heterocycles. The largest absolute Gasteiger partial charge is 0.486 e. The van der Waals surface area contributed by atoms with Crippen LogP contribution >= 0.6 is 0 Å². The number of benzene rings is 1. The lowest BCUT2D eigenvalue weighted by Gasteiger charge is -2.32. The van der Waals surface area contributed by atoms with Crippen LogP contribution < -0.4 is 14.8 Å². The molecule has 0 radical (unpaired) electrons. The number of carbonyl (C=O) groups excluding carboxylic acids is 2. The first-order valence-electron chi connectivity index (χ1n) is 10.7. The third-order valence-electron chi connectivity index (χ3n) is 5.21. The molecule has 0 saturated carbocycles. The SMILES string of the molecule is O=C(NCc1cccnc1)C(c1ccc2c(c1)OCCO2)N(Cc1cccnc1)C(=O)C(F)(F)F. The van der Waals surface area contributed by atoms with Gasteiger partial charge in [-0.15, -0.1) is 0 Å². The van der Waals surface area contributed by atoms with E-state index >= 15 is 0 Å². The molecule has 2 aromatic heterocycles. The monoisotopic (exact) mass is 486 g/mol. The fourth-order valence-electron chi connectivity index (χ4n) is 3.62. The highest BCUT2D eigenvalue weighted by Gasteiger charge is 2.46. The third-order valence-corrected chi connectivity index (χ3v) is 5.21. The molecule has 0 bridgehead atoms. The maximum Gasteiger partial charge on any atom is 0.471 e. The van der Waals surface area contributed by atoms with Crippen molar-refractivity contribution in [1.29, 1.82) is 0 Å². The van der Waals surface area contributed by atoms with Crippen molar-refractivity contribution in [2.24, 2.45) is 0 Å². The molecular weight excluding hydrogens is 465 g/mol. The number of ether oxygens (including phenoxy) is 2. The Bertz CT molecular complexity index is 1180. The van der Waals surface area contributed by atoms with E-state index in [1.807, 2.05) is 0 Å². The van der Waals surface area contributed by atoms with Gasteiger partial charge in [-0.2, -0.15) is 13.2 Å². The van der Waals surface area contributed by atoms with Gasteiger partial charge in [-0.1, -0.05) is 18.2 Å². The van der Waals surface area contributed by atoms with Crippen LogP contribution in [0.2, 0.25) is 0 Å². The van der Waals surface area contributed by atoms with E-state index in [4.69, 9.17) is 9.47 Å². The number of pyridine rings is 2. The number of nitrogens with zero attached hydrogens (tertiary/aromatic N) is 3. The Morgan fingerprint density at radius 2 is 1.63 bits per heavy atom. The van der Waals surface area contributed by atoms with Gasteiger partial charge in [-0.25, -0.2) is 0 Å². The van der Waals surface area contributed by atoms with Gasteiger partial charge in [0.1, 0.15) is 19.3 Å². The van der Waals surface area contributed by atoms with Gasteiger partial charge in [0.2, 0.25) is 5.91 Å². The van der Waals surface area contributed by atoms with E-state index in [2.05, 4.69) is 15.3 Å². The number of hydrogen-bond acceptors (Lipinski definition) is 6. The van der Waals surface area contributed by atoms with E-state index in [0.29, 0.717) is 28.4 Å². The predicted octanol–water partition coefficient (Wildman–Crippen LogP) is 3.20. The molecule has 0 spiro atoms. The van der Waals surface area contributed by atoms with Gasteiger partial charge in [-0.3, -0.25) is 19.6 Å². The van der Waals surface area contributed by atoms with Gasteiger partial charge in [0.15, 0.2) is 11.5 Å². The summed E-state index contributed by atoms with van der Waals surface area (Å²) in [4.78, 5) is 34.3. The van der Waals surface area contributed by atoms with Crippen molar-refractivity contribution in [2.75, 3.05) is 13.2 Å². The van der Waals surface area contributed by atoms with Gasteiger partial charge in [0, 0.05) is 37.9 Å². The maximum atomic E-state index is 13.7. The Morgan fingerprint density at radius 1 is 0.971 bits per heavy atom. The number of nitrogens with one attached hydrogen (secondary N) is 1. The number of aromatic nitrogens is 2. The lowest BCUT2D eigenvalue weighted by molar-refractivity contribution is -0.189. The molecule has 1 aromatic carbocycles. The number of fused-ring (bicyclic) bond motifs is 1. The summed E-state index contributed by atoms with van der Waals surface area (Å²) in [5, 5.41) is 2.62. The molecule has 1 unspecified atom stereocenters. The second kappa shape index (κ2) is 10.4. The van der Waals surface area contributed by atoms with Crippen molar-refractivity contribution >= 4 is 11.8 Å². The molecule has 4 rings (SSSR count). The second-order valence-corrected chi connectivity index (χ2v) is 7.68. The van der Waals surface area contributed by atoms with Crippen LogP contribution in [0.25, 0.3) is 0 Å². The Labute approximate surface area is 198 Å². The van der Waals surface area contributed by atoms with E-state index in [1.165, 1.54) is 48.9 Å². The Kier molecular flexibility index (Phi) is 7.14. The Balaban J connectivity index is 1.73. The summed E-state index contributed by atoms with van der Waals surface area (Å²) < 4.78 is 52.1. The van der Waals surface area contributed by atoms with Crippen LogP contribution in [0.15, 0.2) is 67.3 Å². The van der Waals surface area contributed by atoms with E-state index < -0.39 is 30.6 Å². The fourth-order valence-corrected chi connectivity index (χ4v) is 3.62. The molecule has 2 amide bonds. The topological polar surface area (TPSA) is 93.7 Å². The molecule has 0 aliphatic carbocycles. The maximum absolute atomic E-state index is 13.7. The summed E-state index contributed by atoms with van der Waals surface area (Å²) in [6.45, 7) is 0.0799. The summed E-state index contributed by atoms with van der Waals surface area (Å²) in [5.74, 6) is -2.28. The van der Waals surface area contributed by atoms with Crippen LogP contribution in [0.3, 0.4) is 0 Å². The first-order valence-corrected chi connectivity index (χ1v) is 10.7. The number of carbonyl (C=O) groups is 2. The van der Waals surface area contributed by atoms with Gasteiger partial charge >= 0.3 is 12.1 Å². The van der Waals surface area contributed by atoms with Gasteiger partial charge in [-0.05, 0) is 41.0 Å². The lowest BCUT2D eigenvalue weighted by Crippen LogP contribution is -2.48. The average molecular weight is 486 g/mol. The van der Waals surface area contributed by atoms with Crippen LogP contribution in [0.1, 0.15) is 22.7 Å². The predicted molar refractivity (Wildman–Crippen MR) is 117 cm³/mol. The van der Waals surface area contributed by atoms with Crippen molar-refractivity contribution in [1.82, 2.24) is 20.2 Å². The summed E-state index contributed by atoms with van der Waals surface area (Å²) in [6.07, 6.45) is 0.663.